The molecule has 2 saturated carbocycles. The molecule has 3 N–H and O–H groups in total. The number of H-pyrrole nitrogens is 1. The summed E-state index contributed by atoms with van der Waals surface area (Å²) in [7, 11) is 1.83. The molecule has 0 aromatic carbocycles. The zero-order valence-corrected chi connectivity index (χ0v) is 17.7. The highest BCUT2D eigenvalue weighted by atomic mass is 16.3. The maximum atomic E-state index is 13.2. The van der Waals surface area contributed by atoms with Gasteiger partial charge in [0.25, 0.3) is 5.91 Å². The van der Waals surface area contributed by atoms with Crippen LogP contribution < -0.4 is 5.32 Å². The molecule has 2 aliphatic carbocycles. The quantitative estimate of drug-likeness (QED) is 0.519. The van der Waals surface area contributed by atoms with Gasteiger partial charge in [0.1, 0.15) is 11.6 Å². The van der Waals surface area contributed by atoms with Crippen LogP contribution >= 0.6 is 0 Å². The number of aryl methyl sites for hydroxylation is 1. The minimum atomic E-state index is -0.521. The Balaban J connectivity index is 1.22. The molecule has 166 valence electrons. The van der Waals surface area contributed by atoms with Crippen LogP contribution in [0.4, 0.5) is 0 Å². The van der Waals surface area contributed by atoms with Gasteiger partial charge in [0, 0.05) is 44.7 Å². The maximum absolute atomic E-state index is 13.2. The Morgan fingerprint density at radius 2 is 2.06 bits per heavy atom. The van der Waals surface area contributed by atoms with Crippen molar-refractivity contribution in [2.24, 2.45) is 30.7 Å². The summed E-state index contributed by atoms with van der Waals surface area (Å²) < 4.78 is 1.68. The number of likely N-dealkylation sites (tertiary alicyclic amines) is 1. The number of nitrogens with zero attached hydrogens (tertiary/aromatic N) is 5. The first-order chi connectivity index (χ1) is 15.5. The molecule has 0 bridgehead atoms. The van der Waals surface area contributed by atoms with Crippen molar-refractivity contribution in [2.45, 2.75) is 18.9 Å². The molecule has 3 fully saturated rings. The van der Waals surface area contributed by atoms with Crippen molar-refractivity contribution >= 4 is 23.0 Å². The Kier molecular flexibility index (Phi) is 4.32. The van der Waals surface area contributed by atoms with Crippen LogP contribution in [0.1, 0.15) is 23.2 Å². The summed E-state index contributed by atoms with van der Waals surface area (Å²) in [5.41, 5.74) is 2.81. The molecule has 10 nitrogen and oxygen atoms in total. The zero-order chi connectivity index (χ0) is 22.0. The van der Waals surface area contributed by atoms with Crippen LogP contribution in [0.5, 0.6) is 0 Å². The molecule has 10 heteroatoms. The molecule has 3 aromatic heterocycles. The fraction of sp³-hybridized carbons (Fsp3) is 0.500. The number of fused-ring (bicyclic) bond motifs is 2. The first-order valence-corrected chi connectivity index (χ1v) is 11.1. The third-order valence-electron chi connectivity index (χ3n) is 7.17. The summed E-state index contributed by atoms with van der Waals surface area (Å²) in [6, 6.07) is -0.521. The van der Waals surface area contributed by atoms with Gasteiger partial charge in [-0.1, -0.05) is 0 Å². The number of rotatable bonds is 6. The Bertz CT molecular complexity index is 1200. The van der Waals surface area contributed by atoms with E-state index in [9.17, 15) is 14.7 Å². The van der Waals surface area contributed by atoms with Crippen molar-refractivity contribution in [3.63, 3.8) is 0 Å². The second kappa shape index (κ2) is 7.13. The summed E-state index contributed by atoms with van der Waals surface area (Å²) in [6.45, 7) is 1.56. The molecule has 1 saturated heterocycles. The van der Waals surface area contributed by atoms with Crippen molar-refractivity contribution < 1.29 is 14.7 Å². The number of carbonyl (C=O) groups excluding carboxylic acids is 2. The molecule has 4 heterocycles. The van der Waals surface area contributed by atoms with E-state index in [0.29, 0.717) is 53.3 Å². The van der Waals surface area contributed by atoms with E-state index in [4.69, 9.17) is 0 Å². The molecule has 3 aromatic rings. The zero-order valence-electron chi connectivity index (χ0n) is 17.7. The summed E-state index contributed by atoms with van der Waals surface area (Å²) in [6.07, 6.45) is 8.66. The van der Waals surface area contributed by atoms with E-state index < -0.39 is 6.04 Å². The number of piperidine rings is 1. The van der Waals surface area contributed by atoms with Gasteiger partial charge < -0.3 is 20.3 Å². The number of carbonyl (C=O) groups is 2. The fourth-order valence-corrected chi connectivity index (χ4v) is 5.08. The van der Waals surface area contributed by atoms with Gasteiger partial charge in [-0.3, -0.25) is 14.3 Å². The Morgan fingerprint density at radius 1 is 1.28 bits per heavy atom. The van der Waals surface area contributed by atoms with Gasteiger partial charge in [0.2, 0.25) is 5.91 Å². The standard InChI is InChI=1S/C22H25N7O3/c1-28-7-12(4-25-28)17-6-24-20-19(26-17)13(5-23-20)21(31)27-18(11-2-3-11)22(32)29-8-14-15(9-29)16(14)10-30/h4-7,11,14-16,18,30H,2-3,8-10H2,1H3,(H,23,24)(H,27,31)/t14-,15+,16-,18-/m1/s1. The van der Waals surface area contributed by atoms with Crippen molar-refractivity contribution in [1.29, 1.82) is 0 Å². The van der Waals surface area contributed by atoms with Gasteiger partial charge in [0.15, 0.2) is 5.65 Å². The van der Waals surface area contributed by atoms with Crippen LogP contribution in [0, 0.1) is 23.7 Å². The molecular weight excluding hydrogens is 410 g/mol. The molecule has 3 aliphatic rings. The largest absolute Gasteiger partial charge is 0.396 e. The summed E-state index contributed by atoms with van der Waals surface area (Å²) in [4.78, 5) is 40.3. The molecule has 4 atom stereocenters. The maximum Gasteiger partial charge on any atom is 0.255 e. The molecule has 32 heavy (non-hydrogen) atoms. The van der Waals surface area contributed by atoms with E-state index in [1.807, 2.05) is 18.1 Å². The predicted octanol–water partition coefficient (Wildman–Crippen LogP) is 0.563. The van der Waals surface area contributed by atoms with E-state index in [1.54, 1.807) is 23.3 Å². The van der Waals surface area contributed by atoms with E-state index >= 15 is 0 Å². The van der Waals surface area contributed by atoms with E-state index in [2.05, 4.69) is 25.4 Å². The summed E-state index contributed by atoms with van der Waals surface area (Å²) >= 11 is 0. The predicted molar refractivity (Wildman–Crippen MR) is 114 cm³/mol. The lowest BCUT2D eigenvalue weighted by Crippen LogP contribution is -2.50. The first kappa shape index (κ1) is 19.4. The molecule has 2 amide bonds. The fourth-order valence-electron chi connectivity index (χ4n) is 5.08. The number of aromatic amines is 1. The minimum absolute atomic E-state index is 0.00767. The topological polar surface area (TPSA) is 129 Å². The number of nitrogens with one attached hydrogen (secondary N) is 2. The van der Waals surface area contributed by atoms with Crippen molar-refractivity contribution in [2.75, 3.05) is 19.7 Å². The molecule has 0 unspecified atom stereocenters. The van der Waals surface area contributed by atoms with E-state index in [0.717, 1.165) is 18.4 Å². The lowest BCUT2D eigenvalue weighted by atomic mass is 10.1. The second-order valence-electron chi connectivity index (χ2n) is 9.26. The normalized spacial score (nSPS) is 25.1. The highest BCUT2D eigenvalue weighted by Crippen LogP contribution is 2.51. The first-order valence-electron chi connectivity index (χ1n) is 11.1. The highest BCUT2D eigenvalue weighted by Gasteiger charge is 2.57. The van der Waals surface area contributed by atoms with Crippen molar-refractivity contribution in [3.05, 3.63) is 30.4 Å². The van der Waals surface area contributed by atoms with Crippen molar-refractivity contribution in [1.82, 2.24) is 34.9 Å². The SMILES string of the molecule is Cn1cc(-c2cnc3[nH]cc(C(=O)N[C@@H](C(=O)N4C[C@@H]5[C@H](CO)[C@@H]5C4)C4CC4)c3n2)cn1. The van der Waals surface area contributed by atoms with Crippen LogP contribution in [-0.2, 0) is 11.8 Å². The van der Waals surface area contributed by atoms with Gasteiger partial charge in [0.05, 0.1) is 23.7 Å². The Morgan fingerprint density at radius 3 is 2.72 bits per heavy atom. The van der Waals surface area contributed by atoms with E-state index in [-0.39, 0.29) is 24.3 Å². The van der Waals surface area contributed by atoms with Crippen LogP contribution in [0.2, 0.25) is 0 Å². The van der Waals surface area contributed by atoms with Gasteiger partial charge in [-0.25, -0.2) is 9.97 Å². The molecular formula is C22H25N7O3. The van der Waals surface area contributed by atoms with E-state index in [1.165, 1.54) is 0 Å². The number of aliphatic hydroxyl groups excluding tert-OH is 1. The lowest BCUT2D eigenvalue weighted by molar-refractivity contribution is -0.133. The molecule has 6 rings (SSSR count). The molecule has 1 aliphatic heterocycles. The third-order valence-corrected chi connectivity index (χ3v) is 7.17. The van der Waals surface area contributed by atoms with Crippen LogP contribution in [0.15, 0.2) is 24.8 Å². The van der Waals surface area contributed by atoms with Crippen molar-refractivity contribution in [3.8, 4) is 11.3 Å². The summed E-state index contributed by atoms with van der Waals surface area (Å²) in [5, 5.41) is 16.5. The number of aromatic nitrogens is 5. The smallest absolute Gasteiger partial charge is 0.255 e. The molecule has 0 spiro atoms. The average molecular weight is 435 g/mol. The number of aliphatic hydroxyl groups is 1. The number of amides is 2. The Labute approximate surface area is 184 Å². The van der Waals surface area contributed by atoms with Gasteiger partial charge in [-0.15, -0.1) is 0 Å². The summed E-state index contributed by atoms with van der Waals surface area (Å²) in [5.74, 6) is 1.01. The highest BCUT2D eigenvalue weighted by molar-refractivity contribution is 6.06. The second-order valence-corrected chi connectivity index (χ2v) is 9.26. The number of hydrogen-bond acceptors (Lipinski definition) is 6. The van der Waals surface area contributed by atoms with Gasteiger partial charge in [-0.2, -0.15) is 5.10 Å². The van der Waals surface area contributed by atoms with Gasteiger partial charge >= 0.3 is 0 Å². The Hall–Kier alpha value is -3.27. The number of hydrogen-bond donors (Lipinski definition) is 3. The average Bonchev–Trinajstić information content (AvgIpc) is 3.56. The molecule has 0 radical (unpaired) electrons. The minimum Gasteiger partial charge on any atom is -0.396 e. The lowest BCUT2D eigenvalue weighted by Gasteiger charge is -2.26. The van der Waals surface area contributed by atoms with Gasteiger partial charge in [-0.05, 0) is 36.5 Å². The monoisotopic (exact) mass is 435 g/mol. The van der Waals surface area contributed by atoms with Crippen LogP contribution in [0.25, 0.3) is 22.4 Å². The van der Waals surface area contributed by atoms with Crippen LogP contribution in [-0.4, -0.2) is 72.3 Å². The van der Waals surface area contributed by atoms with Crippen LogP contribution in [0.3, 0.4) is 0 Å². The third kappa shape index (κ3) is 3.17.